The highest BCUT2D eigenvalue weighted by Crippen LogP contribution is 2.39. The van der Waals surface area contributed by atoms with E-state index in [0.717, 1.165) is 9.37 Å². The van der Waals surface area contributed by atoms with Crippen LogP contribution in [0.5, 0.6) is 0 Å². The average Bonchev–Trinajstić information content (AvgIpc) is 2.30. The van der Waals surface area contributed by atoms with Crippen LogP contribution in [0.3, 0.4) is 0 Å². The summed E-state index contributed by atoms with van der Waals surface area (Å²) in [5, 5.41) is 2.23. The molecule has 4 amide bonds. The summed E-state index contributed by atoms with van der Waals surface area (Å²) in [7, 11) is 0. The van der Waals surface area contributed by atoms with Crippen LogP contribution in [-0.4, -0.2) is 17.8 Å². The van der Waals surface area contributed by atoms with Crippen molar-refractivity contribution >= 4 is 71.3 Å². The maximum Gasteiger partial charge on any atom is 0.335 e. The normalized spacial score (nSPS) is 19.2. The molecular weight excluding hydrogens is 472 g/mol. The fraction of sp³-hybridized carbons (Fsp3) is 0.308. The van der Waals surface area contributed by atoms with E-state index in [2.05, 4.69) is 53.1 Å². The summed E-state index contributed by atoms with van der Waals surface area (Å²) < 4.78 is 1.90. The lowest BCUT2D eigenvalue weighted by atomic mass is 9.92. The highest BCUT2D eigenvalue weighted by molar-refractivity contribution is 9.11. The fourth-order valence-corrected chi connectivity index (χ4v) is 4.75. The molecule has 8 heteroatoms. The van der Waals surface area contributed by atoms with Gasteiger partial charge >= 0.3 is 6.03 Å². The van der Waals surface area contributed by atoms with Gasteiger partial charge in [0.1, 0.15) is 5.92 Å². The van der Waals surface area contributed by atoms with Gasteiger partial charge in [-0.2, -0.15) is 0 Å². The van der Waals surface area contributed by atoms with Crippen LogP contribution in [0.4, 0.5) is 10.5 Å². The highest BCUT2D eigenvalue weighted by atomic mass is 79.9. The molecule has 0 spiro atoms. The van der Waals surface area contributed by atoms with Crippen LogP contribution in [0.25, 0.3) is 0 Å². The Kier molecular flexibility index (Phi) is 4.89. The van der Waals surface area contributed by atoms with Gasteiger partial charge in [-0.3, -0.25) is 14.9 Å². The van der Waals surface area contributed by atoms with Crippen LogP contribution in [0.15, 0.2) is 25.6 Å². The molecule has 112 valence electrons. The van der Waals surface area contributed by atoms with E-state index in [1.54, 1.807) is 26.0 Å². The largest absolute Gasteiger partial charge is 0.335 e. The number of barbiturate groups is 1. The van der Waals surface area contributed by atoms with Gasteiger partial charge in [-0.05, 0) is 49.9 Å². The summed E-state index contributed by atoms with van der Waals surface area (Å²) in [6, 6.07) is 2.70. The van der Waals surface area contributed by atoms with Gasteiger partial charge in [0.05, 0.1) is 5.69 Å². The van der Waals surface area contributed by atoms with E-state index < -0.39 is 23.8 Å². The predicted octanol–water partition coefficient (Wildman–Crippen LogP) is 3.83. The summed E-state index contributed by atoms with van der Waals surface area (Å²) >= 11 is 10.0. The molecule has 2 rings (SSSR count). The number of nitrogens with zero attached hydrogens (tertiary/aromatic N) is 1. The molecule has 5 nitrogen and oxygen atoms in total. The number of amides is 4. The van der Waals surface area contributed by atoms with Gasteiger partial charge in [-0.15, -0.1) is 0 Å². The molecule has 1 unspecified atom stereocenters. The summed E-state index contributed by atoms with van der Waals surface area (Å²) in [6.07, 6.45) is 0. The molecule has 21 heavy (non-hydrogen) atoms. The number of anilines is 1. The number of imide groups is 2. The van der Waals surface area contributed by atoms with Gasteiger partial charge in [-0.1, -0.05) is 29.8 Å². The van der Waals surface area contributed by atoms with Crippen LogP contribution >= 0.6 is 47.8 Å². The molecule has 0 saturated carbocycles. The molecule has 0 bridgehead atoms. The zero-order valence-corrected chi connectivity index (χ0v) is 15.9. The molecule has 1 heterocycles. The van der Waals surface area contributed by atoms with Crippen molar-refractivity contribution in [1.82, 2.24) is 5.32 Å². The van der Waals surface area contributed by atoms with E-state index >= 15 is 0 Å². The zero-order chi connectivity index (χ0) is 15.9. The number of rotatable bonds is 2. The molecular formula is C13H11Br3N2O3. The molecule has 1 saturated heterocycles. The van der Waals surface area contributed by atoms with Crippen molar-refractivity contribution in [2.75, 3.05) is 4.90 Å². The van der Waals surface area contributed by atoms with Gasteiger partial charge in [0.2, 0.25) is 11.8 Å². The summed E-state index contributed by atoms with van der Waals surface area (Å²) in [6.45, 7) is 3.53. The Morgan fingerprint density at radius 1 is 1.10 bits per heavy atom. The SMILES string of the molecule is CC(C)C1C(=O)NC(=O)N(c2c(Br)cc(Br)cc2Br)C1=O. The van der Waals surface area contributed by atoms with Crippen molar-refractivity contribution in [3.63, 3.8) is 0 Å². The molecule has 1 N–H and O–H groups in total. The number of hydrogen-bond acceptors (Lipinski definition) is 3. The second-order valence-corrected chi connectivity index (χ2v) is 7.53. The van der Waals surface area contributed by atoms with Gasteiger partial charge < -0.3 is 0 Å². The Morgan fingerprint density at radius 2 is 1.62 bits per heavy atom. The average molecular weight is 483 g/mol. The van der Waals surface area contributed by atoms with E-state index in [1.165, 1.54) is 0 Å². The molecule has 0 radical (unpaired) electrons. The highest BCUT2D eigenvalue weighted by Gasteiger charge is 2.43. The van der Waals surface area contributed by atoms with Crippen LogP contribution in [0.1, 0.15) is 13.8 Å². The number of hydrogen-bond donors (Lipinski definition) is 1. The first-order valence-corrected chi connectivity index (χ1v) is 8.45. The Labute approximate surface area is 146 Å². The number of carbonyl (C=O) groups is 3. The second-order valence-electron chi connectivity index (χ2n) is 4.91. The third kappa shape index (κ3) is 3.07. The Balaban J connectivity index is 2.55. The Hall–Kier alpha value is -0.730. The summed E-state index contributed by atoms with van der Waals surface area (Å²) in [5.41, 5.74) is 0.374. The van der Waals surface area contributed by atoms with Crippen molar-refractivity contribution in [1.29, 1.82) is 0 Å². The molecule has 1 aliphatic heterocycles. The van der Waals surface area contributed by atoms with Gasteiger partial charge in [-0.25, -0.2) is 9.69 Å². The van der Waals surface area contributed by atoms with Gasteiger partial charge in [0, 0.05) is 13.4 Å². The summed E-state index contributed by atoms with van der Waals surface area (Å²) in [5.74, 6) is -2.17. The monoisotopic (exact) mass is 480 g/mol. The molecule has 1 atom stereocenters. The first-order valence-electron chi connectivity index (χ1n) is 6.07. The topological polar surface area (TPSA) is 66.5 Å². The minimum atomic E-state index is -0.884. The van der Waals surface area contributed by atoms with Crippen molar-refractivity contribution in [2.45, 2.75) is 13.8 Å². The van der Waals surface area contributed by atoms with Crippen LogP contribution < -0.4 is 10.2 Å². The number of nitrogens with one attached hydrogen (secondary N) is 1. The molecule has 1 aromatic carbocycles. The number of urea groups is 1. The van der Waals surface area contributed by atoms with Crippen molar-refractivity contribution in [2.24, 2.45) is 11.8 Å². The zero-order valence-electron chi connectivity index (χ0n) is 11.1. The minimum absolute atomic E-state index is 0.207. The fourth-order valence-electron chi connectivity index (χ4n) is 2.14. The maximum atomic E-state index is 12.6. The maximum absolute atomic E-state index is 12.6. The van der Waals surface area contributed by atoms with Crippen LogP contribution in [0.2, 0.25) is 0 Å². The molecule has 1 aromatic rings. The number of benzene rings is 1. The first kappa shape index (κ1) is 16.6. The van der Waals surface area contributed by atoms with Gasteiger partial charge in [0.15, 0.2) is 0 Å². The minimum Gasteiger partial charge on any atom is -0.277 e. The first-order chi connectivity index (χ1) is 9.73. The lowest BCUT2D eigenvalue weighted by molar-refractivity contribution is -0.136. The number of halogens is 3. The molecule has 1 fully saturated rings. The van der Waals surface area contributed by atoms with E-state index in [1.807, 2.05) is 0 Å². The Morgan fingerprint density at radius 3 is 2.10 bits per heavy atom. The Bertz CT molecular complexity index is 623. The third-order valence-corrected chi connectivity index (χ3v) is 4.74. The molecule has 1 aliphatic rings. The standard InChI is InChI=1S/C13H11Br3N2O3/c1-5(2)9-11(19)17-13(21)18(12(9)20)10-7(15)3-6(14)4-8(10)16/h3-5,9H,1-2H3,(H,17,19,21). The van der Waals surface area contributed by atoms with E-state index in [9.17, 15) is 14.4 Å². The molecule has 0 aromatic heterocycles. The smallest absolute Gasteiger partial charge is 0.277 e. The van der Waals surface area contributed by atoms with Gasteiger partial charge in [0.25, 0.3) is 0 Å². The predicted molar refractivity (Wildman–Crippen MR) is 88.9 cm³/mol. The second kappa shape index (κ2) is 6.18. The van der Waals surface area contributed by atoms with Crippen molar-refractivity contribution in [3.05, 3.63) is 25.6 Å². The number of carbonyl (C=O) groups excluding carboxylic acids is 3. The lowest BCUT2D eigenvalue weighted by Gasteiger charge is -2.32. The van der Waals surface area contributed by atoms with Crippen LogP contribution in [-0.2, 0) is 9.59 Å². The van der Waals surface area contributed by atoms with Crippen molar-refractivity contribution < 1.29 is 14.4 Å². The van der Waals surface area contributed by atoms with Crippen molar-refractivity contribution in [3.8, 4) is 0 Å². The van der Waals surface area contributed by atoms with E-state index in [4.69, 9.17) is 0 Å². The van der Waals surface area contributed by atoms with Crippen LogP contribution in [0, 0.1) is 11.8 Å². The molecule has 0 aliphatic carbocycles. The lowest BCUT2D eigenvalue weighted by Crippen LogP contribution is -2.59. The quantitative estimate of drug-likeness (QED) is 0.651. The van der Waals surface area contributed by atoms with E-state index in [-0.39, 0.29) is 5.92 Å². The van der Waals surface area contributed by atoms with E-state index in [0.29, 0.717) is 14.6 Å². The third-order valence-electron chi connectivity index (χ3n) is 3.07. The summed E-state index contributed by atoms with van der Waals surface area (Å²) in [4.78, 5) is 37.5.